The number of rotatable bonds is 3. The van der Waals surface area contributed by atoms with Crippen LogP contribution in [0.2, 0.25) is 5.02 Å². The van der Waals surface area contributed by atoms with Gasteiger partial charge in [-0.2, -0.15) is 13.2 Å². The Morgan fingerprint density at radius 3 is 2.63 bits per heavy atom. The number of anilines is 1. The van der Waals surface area contributed by atoms with Crippen LogP contribution < -0.4 is 10.6 Å². The fourth-order valence-electron chi connectivity index (χ4n) is 1.26. The number of aliphatic hydroxyl groups is 1. The van der Waals surface area contributed by atoms with Crippen molar-refractivity contribution in [3.8, 4) is 0 Å². The van der Waals surface area contributed by atoms with Crippen LogP contribution in [0.25, 0.3) is 0 Å². The van der Waals surface area contributed by atoms with Crippen LogP contribution in [0, 0.1) is 0 Å². The summed E-state index contributed by atoms with van der Waals surface area (Å²) < 4.78 is 37.8. The van der Waals surface area contributed by atoms with Crippen LogP contribution in [-0.4, -0.2) is 23.8 Å². The molecule has 0 aliphatic carbocycles. The summed E-state index contributed by atoms with van der Waals surface area (Å²) >= 11 is 5.44. The molecule has 0 radical (unpaired) electrons. The summed E-state index contributed by atoms with van der Waals surface area (Å²) in [5.74, 6) is 0. The smallest absolute Gasteiger partial charge is 0.394 e. The summed E-state index contributed by atoms with van der Waals surface area (Å²) in [7, 11) is 0. The lowest BCUT2D eigenvalue weighted by atomic mass is 10.2. The first-order chi connectivity index (χ1) is 8.74. The summed E-state index contributed by atoms with van der Waals surface area (Å²) in [6, 6.07) is 1.83. The Balaban J connectivity index is 2.83. The number of aliphatic hydroxyl groups excluding tert-OH is 1. The second-order valence-electron chi connectivity index (χ2n) is 3.87. The van der Waals surface area contributed by atoms with Gasteiger partial charge in [0.1, 0.15) is 0 Å². The van der Waals surface area contributed by atoms with Crippen molar-refractivity contribution in [2.45, 2.75) is 19.1 Å². The van der Waals surface area contributed by atoms with Gasteiger partial charge in [-0.25, -0.2) is 4.79 Å². The molecule has 8 heteroatoms. The Hall–Kier alpha value is -1.47. The van der Waals surface area contributed by atoms with Crippen molar-refractivity contribution < 1.29 is 23.1 Å². The topological polar surface area (TPSA) is 61.4 Å². The van der Waals surface area contributed by atoms with E-state index < -0.39 is 28.8 Å². The minimum atomic E-state index is -4.59. The molecule has 106 valence electrons. The minimum absolute atomic E-state index is 0.0423. The first-order valence-electron chi connectivity index (χ1n) is 5.29. The highest BCUT2D eigenvalue weighted by Gasteiger charge is 2.33. The van der Waals surface area contributed by atoms with Gasteiger partial charge in [0.05, 0.1) is 23.2 Å². The van der Waals surface area contributed by atoms with Gasteiger partial charge in [0.25, 0.3) is 0 Å². The highest BCUT2D eigenvalue weighted by atomic mass is 35.5. The Kier molecular flexibility index (Phi) is 5.02. The molecule has 1 rings (SSSR count). The molecule has 3 N–H and O–H groups in total. The lowest BCUT2D eigenvalue weighted by molar-refractivity contribution is -0.137. The molecule has 0 bridgehead atoms. The number of benzene rings is 1. The van der Waals surface area contributed by atoms with Crippen LogP contribution in [-0.2, 0) is 6.18 Å². The lowest BCUT2D eigenvalue weighted by Gasteiger charge is -2.14. The van der Waals surface area contributed by atoms with Crippen molar-refractivity contribution in [2.24, 2.45) is 0 Å². The number of amides is 2. The molecule has 1 atom stereocenters. The molecule has 2 amide bonds. The van der Waals surface area contributed by atoms with E-state index in [1.54, 1.807) is 6.92 Å². The van der Waals surface area contributed by atoms with Crippen molar-refractivity contribution in [1.82, 2.24) is 5.32 Å². The Morgan fingerprint density at radius 2 is 2.11 bits per heavy atom. The molecular weight excluding hydrogens is 285 g/mol. The third-order valence-electron chi connectivity index (χ3n) is 2.18. The normalized spacial score (nSPS) is 12.9. The summed E-state index contributed by atoms with van der Waals surface area (Å²) in [5, 5.41) is 12.8. The third kappa shape index (κ3) is 4.60. The largest absolute Gasteiger partial charge is 0.417 e. The van der Waals surface area contributed by atoms with Gasteiger partial charge in [-0.3, -0.25) is 0 Å². The molecule has 1 aromatic rings. The average Bonchev–Trinajstić information content (AvgIpc) is 2.29. The molecule has 0 heterocycles. The summed E-state index contributed by atoms with van der Waals surface area (Å²) in [4.78, 5) is 11.4. The first kappa shape index (κ1) is 15.6. The fourth-order valence-corrected chi connectivity index (χ4v) is 1.48. The molecule has 0 saturated carbocycles. The number of halogens is 4. The van der Waals surface area contributed by atoms with Crippen LogP contribution >= 0.6 is 11.6 Å². The molecule has 1 aromatic carbocycles. The van der Waals surface area contributed by atoms with Gasteiger partial charge in [-0.1, -0.05) is 11.6 Å². The third-order valence-corrected chi connectivity index (χ3v) is 2.51. The number of carbonyl (C=O) groups is 1. The standard InChI is InChI=1S/C11H12ClF3N2O2/c1-6(5-18)16-10(19)17-7-2-3-9(12)8(4-7)11(13,14)15/h2-4,6,18H,5H2,1H3,(H2,16,17,19)/t6-/m1/s1. The van der Waals surface area contributed by atoms with Crippen molar-refractivity contribution in [3.05, 3.63) is 28.8 Å². The number of alkyl halides is 3. The first-order valence-corrected chi connectivity index (χ1v) is 5.67. The van der Waals surface area contributed by atoms with E-state index in [-0.39, 0.29) is 12.3 Å². The Labute approximate surface area is 112 Å². The van der Waals surface area contributed by atoms with Gasteiger partial charge in [0.15, 0.2) is 0 Å². The van der Waals surface area contributed by atoms with Gasteiger partial charge in [0, 0.05) is 5.69 Å². The maximum Gasteiger partial charge on any atom is 0.417 e. The Bertz CT molecular complexity index is 466. The molecule has 0 fully saturated rings. The zero-order valence-corrected chi connectivity index (χ0v) is 10.6. The Morgan fingerprint density at radius 1 is 1.47 bits per heavy atom. The van der Waals surface area contributed by atoms with Gasteiger partial charge >= 0.3 is 12.2 Å². The molecule has 0 spiro atoms. The monoisotopic (exact) mass is 296 g/mol. The highest BCUT2D eigenvalue weighted by molar-refractivity contribution is 6.31. The second-order valence-corrected chi connectivity index (χ2v) is 4.28. The molecule has 0 unspecified atom stereocenters. The zero-order valence-electron chi connectivity index (χ0n) is 9.88. The molecule has 0 aromatic heterocycles. The number of urea groups is 1. The predicted octanol–water partition coefficient (Wildman–Crippen LogP) is 2.86. The van der Waals surface area contributed by atoms with Gasteiger partial charge in [-0.05, 0) is 25.1 Å². The van der Waals surface area contributed by atoms with Crippen LogP contribution in [0.3, 0.4) is 0 Å². The quantitative estimate of drug-likeness (QED) is 0.803. The van der Waals surface area contributed by atoms with E-state index >= 15 is 0 Å². The maximum absolute atomic E-state index is 12.6. The van der Waals surface area contributed by atoms with E-state index in [9.17, 15) is 18.0 Å². The van der Waals surface area contributed by atoms with E-state index in [4.69, 9.17) is 16.7 Å². The SMILES string of the molecule is C[C@H](CO)NC(=O)Nc1ccc(Cl)c(C(F)(F)F)c1. The van der Waals surface area contributed by atoms with E-state index in [0.717, 1.165) is 12.1 Å². The summed E-state index contributed by atoms with van der Waals surface area (Å²) in [5.41, 5.74) is -1.07. The van der Waals surface area contributed by atoms with E-state index in [1.165, 1.54) is 6.07 Å². The van der Waals surface area contributed by atoms with Gasteiger partial charge < -0.3 is 15.7 Å². The highest BCUT2D eigenvalue weighted by Crippen LogP contribution is 2.36. The second kappa shape index (κ2) is 6.12. The van der Waals surface area contributed by atoms with E-state index in [0.29, 0.717) is 0 Å². The number of hydrogen-bond donors (Lipinski definition) is 3. The van der Waals surface area contributed by atoms with E-state index in [1.807, 2.05) is 0 Å². The molecule has 4 nitrogen and oxygen atoms in total. The van der Waals surface area contributed by atoms with Crippen LogP contribution in [0.4, 0.5) is 23.7 Å². The minimum Gasteiger partial charge on any atom is -0.394 e. The number of hydrogen-bond acceptors (Lipinski definition) is 2. The summed E-state index contributed by atoms with van der Waals surface area (Å²) in [6.07, 6.45) is -4.59. The van der Waals surface area contributed by atoms with Gasteiger partial charge in [-0.15, -0.1) is 0 Å². The van der Waals surface area contributed by atoms with E-state index in [2.05, 4.69) is 10.6 Å². The van der Waals surface area contributed by atoms with Crippen molar-refractivity contribution >= 4 is 23.3 Å². The van der Waals surface area contributed by atoms with Crippen LogP contribution in [0.15, 0.2) is 18.2 Å². The van der Waals surface area contributed by atoms with Crippen molar-refractivity contribution in [3.63, 3.8) is 0 Å². The molecule has 19 heavy (non-hydrogen) atoms. The molecule has 0 aliphatic heterocycles. The van der Waals surface area contributed by atoms with Crippen molar-refractivity contribution in [1.29, 1.82) is 0 Å². The number of carbonyl (C=O) groups excluding carboxylic acids is 1. The van der Waals surface area contributed by atoms with Gasteiger partial charge in [0.2, 0.25) is 0 Å². The predicted molar refractivity (Wildman–Crippen MR) is 65.2 cm³/mol. The maximum atomic E-state index is 12.6. The van der Waals surface area contributed by atoms with Crippen LogP contribution in [0.5, 0.6) is 0 Å². The molecule has 0 aliphatic rings. The fraction of sp³-hybridized carbons (Fsp3) is 0.364. The number of nitrogens with one attached hydrogen (secondary N) is 2. The summed E-state index contributed by atoms with van der Waals surface area (Å²) in [6.45, 7) is 1.27. The molecule has 0 saturated heterocycles. The molecular formula is C11H12ClF3N2O2. The van der Waals surface area contributed by atoms with Crippen molar-refractivity contribution in [2.75, 3.05) is 11.9 Å². The lowest BCUT2D eigenvalue weighted by Crippen LogP contribution is -2.38. The van der Waals surface area contributed by atoms with Crippen LogP contribution in [0.1, 0.15) is 12.5 Å². The zero-order chi connectivity index (χ0) is 14.6. The average molecular weight is 297 g/mol.